The summed E-state index contributed by atoms with van der Waals surface area (Å²) in [6, 6.07) is 9.98. The number of nitrogens with one attached hydrogen (secondary N) is 2. The first-order valence-corrected chi connectivity index (χ1v) is 12.7. The summed E-state index contributed by atoms with van der Waals surface area (Å²) < 4.78 is 5.47. The second-order valence-electron chi connectivity index (χ2n) is 10.1. The van der Waals surface area contributed by atoms with Gasteiger partial charge in [0.1, 0.15) is 5.82 Å². The standard InChI is InChI=1S/C26H28N8O2/c35-25(18-3-4-18)34-11-9-33(10-12-34)15-16-7-8-27-22(13-16)30-26-28-20-6-5-19(14-21(20)29-26)24-31-23(32-36-24)17-1-2-17/h5-8,13-14,17-18H,1-4,9-12,15H2,(H2,27,28,29,30). The van der Waals surface area contributed by atoms with Gasteiger partial charge in [-0.05, 0) is 61.6 Å². The molecule has 10 nitrogen and oxygen atoms in total. The van der Waals surface area contributed by atoms with Crippen LogP contribution in [0.3, 0.4) is 0 Å². The number of carbonyl (C=O) groups is 1. The smallest absolute Gasteiger partial charge is 0.258 e. The van der Waals surface area contributed by atoms with Crippen molar-refractivity contribution in [2.45, 2.75) is 38.1 Å². The van der Waals surface area contributed by atoms with E-state index in [1.54, 1.807) is 0 Å². The number of fused-ring (bicyclic) bond motifs is 1. The first kappa shape index (κ1) is 21.5. The van der Waals surface area contributed by atoms with Crippen molar-refractivity contribution in [2.75, 3.05) is 31.5 Å². The molecule has 4 heterocycles. The highest BCUT2D eigenvalue weighted by atomic mass is 16.5. The monoisotopic (exact) mass is 484 g/mol. The van der Waals surface area contributed by atoms with Crippen LogP contribution < -0.4 is 5.32 Å². The lowest BCUT2D eigenvalue weighted by Crippen LogP contribution is -2.48. The van der Waals surface area contributed by atoms with Crippen molar-refractivity contribution in [3.63, 3.8) is 0 Å². The molecule has 1 saturated heterocycles. The molecule has 0 unspecified atom stereocenters. The molecule has 1 amide bonds. The Morgan fingerprint density at radius 1 is 1.06 bits per heavy atom. The number of hydrogen-bond donors (Lipinski definition) is 2. The number of hydrogen-bond acceptors (Lipinski definition) is 8. The molecular formula is C26H28N8O2. The Morgan fingerprint density at radius 3 is 2.72 bits per heavy atom. The number of carbonyl (C=O) groups excluding carboxylic acids is 1. The second kappa shape index (κ2) is 8.70. The highest BCUT2D eigenvalue weighted by molar-refractivity contribution is 5.82. The summed E-state index contributed by atoms with van der Waals surface area (Å²) in [5.41, 5.74) is 3.78. The number of anilines is 2. The van der Waals surface area contributed by atoms with Gasteiger partial charge in [0.2, 0.25) is 11.9 Å². The zero-order valence-electron chi connectivity index (χ0n) is 20.0. The van der Waals surface area contributed by atoms with E-state index in [0.29, 0.717) is 29.6 Å². The number of aromatic amines is 1. The number of nitrogens with zero attached hydrogens (tertiary/aromatic N) is 6. The van der Waals surface area contributed by atoms with Gasteiger partial charge in [-0.1, -0.05) is 5.16 Å². The predicted octanol–water partition coefficient (Wildman–Crippen LogP) is 3.68. The number of amides is 1. The molecule has 2 N–H and O–H groups in total. The molecule has 2 aliphatic carbocycles. The predicted molar refractivity (Wildman–Crippen MR) is 133 cm³/mol. The van der Waals surface area contributed by atoms with Crippen LogP contribution in [0.5, 0.6) is 0 Å². The Morgan fingerprint density at radius 2 is 1.92 bits per heavy atom. The van der Waals surface area contributed by atoms with Crippen LogP contribution in [-0.4, -0.2) is 67.0 Å². The summed E-state index contributed by atoms with van der Waals surface area (Å²) in [5, 5.41) is 7.41. The molecule has 2 saturated carbocycles. The van der Waals surface area contributed by atoms with Crippen molar-refractivity contribution in [3.8, 4) is 11.5 Å². The van der Waals surface area contributed by atoms with E-state index in [1.165, 1.54) is 5.56 Å². The van der Waals surface area contributed by atoms with Gasteiger partial charge in [0, 0.05) is 56.3 Å². The maximum Gasteiger partial charge on any atom is 0.258 e. The molecule has 184 valence electrons. The zero-order chi connectivity index (χ0) is 24.1. The molecule has 0 bridgehead atoms. The van der Waals surface area contributed by atoms with Crippen LogP contribution in [0.25, 0.3) is 22.5 Å². The van der Waals surface area contributed by atoms with E-state index >= 15 is 0 Å². The molecule has 0 spiro atoms. The van der Waals surface area contributed by atoms with Gasteiger partial charge in [-0.3, -0.25) is 9.69 Å². The topological polar surface area (TPSA) is 116 Å². The largest absolute Gasteiger partial charge is 0.340 e. The lowest BCUT2D eigenvalue weighted by atomic mass is 10.2. The lowest BCUT2D eigenvalue weighted by molar-refractivity contribution is -0.134. The molecule has 10 heteroatoms. The fraction of sp³-hybridized carbons (Fsp3) is 0.423. The highest BCUT2D eigenvalue weighted by Crippen LogP contribution is 2.39. The summed E-state index contributed by atoms with van der Waals surface area (Å²) in [6.07, 6.45) is 6.23. The minimum absolute atomic E-state index is 0.300. The Kier molecular flexibility index (Phi) is 5.19. The summed E-state index contributed by atoms with van der Waals surface area (Å²) in [5.74, 6) is 3.81. The van der Waals surface area contributed by atoms with Crippen molar-refractivity contribution < 1.29 is 9.32 Å². The van der Waals surface area contributed by atoms with E-state index in [1.807, 2.05) is 35.4 Å². The highest BCUT2D eigenvalue weighted by Gasteiger charge is 2.34. The maximum atomic E-state index is 12.3. The van der Waals surface area contributed by atoms with Gasteiger partial charge in [0.05, 0.1) is 11.0 Å². The third-order valence-corrected chi connectivity index (χ3v) is 7.20. The van der Waals surface area contributed by atoms with Gasteiger partial charge in [0.25, 0.3) is 5.89 Å². The Balaban J connectivity index is 1.01. The number of piperazine rings is 1. The average molecular weight is 485 g/mol. The third kappa shape index (κ3) is 4.44. The molecule has 4 aromatic rings. The number of aromatic nitrogens is 5. The average Bonchev–Trinajstić information content (AvgIpc) is 3.83. The first-order valence-electron chi connectivity index (χ1n) is 12.7. The molecule has 7 rings (SSSR count). The van der Waals surface area contributed by atoms with Crippen molar-refractivity contribution in [2.24, 2.45) is 5.92 Å². The lowest BCUT2D eigenvalue weighted by Gasteiger charge is -2.34. The van der Waals surface area contributed by atoms with Gasteiger partial charge < -0.3 is 19.7 Å². The number of H-pyrrole nitrogens is 1. The molecule has 1 aromatic carbocycles. The SMILES string of the molecule is O=C(C1CC1)N1CCN(Cc2ccnc(Nc3nc4ccc(-c5nc(C6CC6)no5)cc4[nH]3)c2)CC1. The normalized spacial score (nSPS) is 18.6. The van der Waals surface area contributed by atoms with E-state index in [0.717, 1.165) is 86.6 Å². The zero-order valence-corrected chi connectivity index (χ0v) is 20.0. The van der Waals surface area contributed by atoms with Gasteiger partial charge in [-0.25, -0.2) is 9.97 Å². The second-order valence-corrected chi connectivity index (χ2v) is 10.1. The minimum Gasteiger partial charge on any atom is -0.340 e. The molecule has 0 radical (unpaired) electrons. The third-order valence-electron chi connectivity index (χ3n) is 7.20. The Hall–Kier alpha value is -3.79. The van der Waals surface area contributed by atoms with Gasteiger partial charge in [-0.2, -0.15) is 4.98 Å². The molecule has 0 atom stereocenters. The summed E-state index contributed by atoms with van der Waals surface area (Å²) in [7, 11) is 0. The van der Waals surface area contributed by atoms with E-state index in [2.05, 4.69) is 41.4 Å². The quantitative estimate of drug-likeness (QED) is 0.408. The molecule has 3 aromatic heterocycles. The van der Waals surface area contributed by atoms with Crippen LogP contribution in [0.15, 0.2) is 41.1 Å². The van der Waals surface area contributed by atoms with Gasteiger partial charge in [0.15, 0.2) is 5.82 Å². The van der Waals surface area contributed by atoms with E-state index in [4.69, 9.17) is 4.52 Å². The van der Waals surface area contributed by atoms with Crippen molar-refractivity contribution >= 4 is 28.7 Å². The van der Waals surface area contributed by atoms with E-state index in [-0.39, 0.29) is 0 Å². The summed E-state index contributed by atoms with van der Waals surface area (Å²) >= 11 is 0. The molecular weight excluding hydrogens is 456 g/mol. The fourth-order valence-electron chi connectivity index (χ4n) is 4.80. The van der Waals surface area contributed by atoms with Crippen LogP contribution in [0.1, 0.15) is 43.0 Å². The van der Waals surface area contributed by atoms with Crippen LogP contribution in [0.2, 0.25) is 0 Å². The van der Waals surface area contributed by atoms with Crippen LogP contribution >= 0.6 is 0 Å². The molecule has 1 aliphatic heterocycles. The first-order chi connectivity index (χ1) is 17.7. The molecule has 36 heavy (non-hydrogen) atoms. The van der Waals surface area contributed by atoms with Crippen molar-refractivity contribution in [1.29, 1.82) is 0 Å². The molecule has 3 aliphatic rings. The number of imidazole rings is 1. The van der Waals surface area contributed by atoms with E-state index < -0.39 is 0 Å². The van der Waals surface area contributed by atoms with Gasteiger partial charge >= 0.3 is 0 Å². The van der Waals surface area contributed by atoms with Crippen molar-refractivity contribution in [1.82, 2.24) is 34.9 Å². The number of pyridine rings is 1. The molecule has 3 fully saturated rings. The maximum absolute atomic E-state index is 12.3. The Labute approximate surface area is 208 Å². The van der Waals surface area contributed by atoms with Crippen LogP contribution in [0, 0.1) is 5.92 Å². The van der Waals surface area contributed by atoms with Crippen molar-refractivity contribution in [3.05, 3.63) is 47.9 Å². The van der Waals surface area contributed by atoms with Crippen LogP contribution in [-0.2, 0) is 11.3 Å². The van der Waals surface area contributed by atoms with Gasteiger partial charge in [-0.15, -0.1) is 0 Å². The number of rotatable bonds is 7. The fourth-order valence-corrected chi connectivity index (χ4v) is 4.80. The minimum atomic E-state index is 0.300. The van der Waals surface area contributed by atoms with Crippen LogP contribution in [0.4, 0.5) is 11.8 Å². The summed E-state index contributed by atoms with van der Waals surface area (Å²) in [6.45, 7) is 4.27. The van der Waals surface area contributed by atoms with E-state index in [9.17, 15) is 4.79 Å². The number of benzene rings is 1. The summed E-state index contributed by atoms with van der Waals surface area (Å²) in [4.78, 5) is 33.7. The Bertz CT molecular complexity index is 1410.